The van der Waals surface area contributed by atoms with Crippen LogP contribution < -0.4 is 5.32 Å². The molecule has 136 valence electrons. The molecule has 4 rings (SSSR count). The average molecular weight is 382 g/mol. The standard InChI is InChI=1S/C17H15ClF3N5/c18-13-6-7-14-23-24-15(26(14)25-13)9-22-16(10-4-5-10)11-2-1-3-12(8-11)17(19,20)21/h1-3,6-8,10,16,22H,4-5,9H2/t16-/m0/s1. The summed E-state index contributed by atoms with van der Waals surface area (Å²) in [7, 11) is 0. The van der Waals surface area contributed by atoms with E-state index in [0.29, 0.717) is 34.7 Å². The summed E-state index contributed by atoms with van der Waals surface area (Å²) in [5, 5.41) is 15.9. The third kappa shape index (κ3) is 3.52. The molecule has 3 aromatic rings. The molecule has 1 N–H and O–H groups in total. The molecule has 0 spiro atoms. The number of aromatic nitrogens is 4. The lowest BCUT2D eigenvalue weighted by molar-refractivity contribution is -0.137. The van der Waals surface area contributed by atoms with Crippen LogP contribution in [0.4, 0.5) is 13.2 Å². The lowest BCUT2D eigenvalue weighted by Crippen LogP contribution is -2.24. The fraction of sp³-hybridized carbons (Fsp3) is 0.353. The fourth-order valence-electron chi connectivity index (χ4n) is 3.02. The molecule has 0 bridgehead atoms. The van der Waals surface area contributed by atoms with Gasteiger partial charge in [-0.2, -0.15) is 22.8 Å². The third-order valence-corrected chi connectivity index (χ3v) is 4.64. The molecule has 1 aromatic carbocycles. The van der Waals surface area contributed by atoms with Crippen LogP contribution in [-0.2, 0) is 12.7 Å². The van der Waals surface area contributed by atoms with Crippen LogP contribution in [0, 0.1) is 5.92 Å². The molecule has 0 unspecified atom stereocenters. The zero-order valence-electron chi connectivity index (χ0n) is 13.5. The van der Waals surface area contributed by atoms with Crippen molar-refractivity contribution in [2.75, 3.05) is 0 Å². The van der Waals surface area contributed by atoms with Gasteiger partial charge >= 0.3 is 6.18 Å². The Morgan fingerprint density at radius 2 is 2.00 bits per heavy atom. The number of fused-ring (bicyclic) bond motifs is 1. The van der Waals surface area contributed by atoms with Gasteiger partial charge in [-0.05, 0) is 48.6 Å². The van der Waals surface area contributed by atoms with Crippen molar-refractivity contribution >= 4 is 17.2 Å². The Bertz CT molecular complexity index is 936. The van der Waals surface area contributed by atoms with Gasteiger partial charge in [0.15, 0.2) is 11.5 Å². The minimum atomic E-state index is -4.35. The summed E-state index contributed by atoms with van der Waals surface area (Å²) in [6, 6.07) is 8.63. The molecule has 1 saturated carbocycles. The molecule has 2 aromatic heterocycles. The molecule has 9 heteroatoms. The Balaban J connectivity index is 1.57. The Morgan fingerprint density at radius 1 is 1.19 bits per heavy atom. The molecule has 1 aliphatic carbocycles. The van der Waals surface area contributed by atoms with Crippen molar-refractivity contribution in [3.05, 3.63) is 58.5 Å². The van der Waals surface area contributed by atoms with E-state index in [0.717, 1.165) is 18.9 Å². The highest BCUT2D eigenvalue weighted by molar-refractivity contribution is 6.29. The van der Waals surface area contributed by atoms with Crippen LogP contribution in [0.3, 0.4) is 0 Å². The second-order valence-corrected chi connectivity index (χ2v) is 6.75. The molecule has 1 atom stereocenters. The van der Waals surface area contributed by atoms with Gasteiger partial charge in [-0.15, -0.1) is 10.2 Å². The first-order valence-electron chi connectivity index (χ1n) is 8.19. The van der Waals surface area contributed by atoms with E-state index in [1.165, 1.54) is 16.6 Å². The van der Waals surface area contributed by atoms with Gasteiger partial charge in [0.1, 0.15) is 5.15 Å². The van der Waals surface area contributed by atoms with Crippen molar-refractivity contribution < 1.29 is 13.2 Å². The van der Waals surface area contributed by atoms with Gasteiger partial charge in [0, 0.05) is 6.04 Å². The van der Waals surface area contributed by atoms with Crippen molar-refractivity contribution in [1.82, 2.24) is 25.1 Å². The molecular formula is C17H15ClF3N5. The summed E-state index contributed by atoms with van der Waals surface area (Å²) in [6.07, 6.45) is -2.38. The Hall–Kier alpha value is -2.19. The van der Waals surface area contributed by atoms with Crippen LogP contribution in [0.5, 0.6) is 0 Å². The van der Waals surface area contributed by atoms with Crippen molar-refractivity contribution in [2.24, 2.45) is 5.92 Å². The quantitative estimate of drug-likeness (QED) is 0.724. The molecule has 0 saturated heterocycles. The Labute approximate surface area is 152 Å². The molecule has 26 heavy (non-hydrogen) atoms. The molecule has 0 radical (unpaired) electrons. The van der Waals surface area contributed by atoms with E-state index in [1.807, 2.05) is 0 Å². The van der Waals surface area contributed by atoms with Crippen LogP contribution in [0.1, 0.15) is 35.8 Å². The highest BCUT2D eigenvalue weighted by Crippen LogP contribution is 2.42. The largest absolute Gasteiger partial charge is 0.416 e. The van der Waals surface area contributed by atoms with Crippen LogP contribution in [-0.4, -0.2) is 19.8 Å². The number of benzene rings is 1. The highest BCUT2D eigenvalue weighted by atomic mass is 35.5. The van der Waals surface area contributed by atoms with E-state index in [4.69, 9.17) is 11.6 Å². The number of alkyl halides is 3. The van der Waals surface area contributed by atoms with Gasteiger partial charge in [0.25, 0.3) is 0 Å². The third-order valence-electron chi connectivity index (χ3n) is 4.44. The summed E-state index contributed by atoms with van der Waals surface area (Å²) in [6.45, 7) is 0.325. The van der Waals surface area contributed by atoms with Crippen molar-refractivity contribution in [3.63, 3.8) is 0 Å². The van der Waals surface area contributed by atoms with Gasteiger partial charge in [0.2, 0.25) is 0 Å². The molecule has 0 amide bonds. The molecule has 5 nitrogen and oxygen atoms in total. The lowest BCUT2D eigenvalue weighted by atomic mass is 10.00. The first-order chi connectivity index (χ1) is 12.4. The van der Waals surface area contributed by atoms with Gasteiger partial charge in [-0.25, -0.2) is 0 Å². The minimum absolute atomic E-state index is 0.177. The van der Waals surface area contributed by atoms with E-state index in [-0.39, 0.29) is 6.04 Å². The molecule has 0 aliphatic heterocycles. The van der Waals surface area contributed by atoms with E-state index < -0.39 is 11.7 Å². The zero-order chi connectivity index (χ0) is 18.3. The average Bonchev–Trinajstić information content (AvgIpc) is 3.36. The maximum absolute atomic E-state index is 13.0. The number of hydrogen-bond donors (Lipinski definition) is 1. The minimum Gasteiger partial charge on any atom is -0.303 e. The molecule has 1 aliphatic rings. The van der Waals surface area contributed by atoms with Crippen LogP contribution in [0.15, 0.2) is 36.4 Å². The molecule has 2 heterocycles. The van der Waals surface area contributed by atoms with E-state index in [2.05, 4.69) is 20.6 Å². The Kier molecular flexibility index (Phi) is 4.32. The van der Waals surface area contributed by atoms with Crippen molar-refractivity contribution in [2.45, 2.75) is 31.6 Å². The highest BCUT2D eigenvalue weighted by Gasteiger charge is 2.35. The Morgan fingerprint density at radius 3 is 2.73 bits per heavy atom. The predicted molar refractivity (Wildman–Crippen MR) is 89.5 cm³/mol. The number of rotatable bonds is 5. The van der Waals surface area contributed by atoms with E-state index >= 15 is 0 Å². The van der Waals surface area contributed by atoms with Crippen molar-refractivity contribution in [1.29, 1.82) is 0 Å². The SMILES string of the molecule is FC(F)(F)c1cccc([C@@H](NCc2nnc3ccc(Cl)nn23)C2CC2)c1. The van der Waals surface area contributed by atoms with Gasteiger partial charge in [-0.1, -0.05) is 23.7 Å². The summed E-state index contributed by atoms with van der Waals surface area (Å²) in [5.41, 5.74) is 0.555. The zero-order valence-corrected chi connectivity index (χ0v) is 14.3. The summed E-state index contributed by atoms with van der Waals surface area (Å²) in [5.74, 6) is 0.870. The smallest absolute Gasteiger partial charge is 0.303 e. The fourth-order valence-corrected chi connectivity index (χ4v) is 3.16. The summed E-state index contributed by atoms with van der Waals surface area (Å²) >= 11 is 5.91. The first-order valence-corrected chi connectivity index (χ1v) is 8.57. The second kappa shape index (κ2) is 6.51. The van der Waals surface area contributed by atoms with E-state index in [9.17, 15) is 13.2 Å². The second-order valence-electron chi connectivity index (χ2n) is 6.36. The molecule has 1 fully saturated rings. The molecular weight excluding hydrogens is 367 g/mol. The lowest BCUT2D eigenvalue weighted by Gasteiger charge is -2.19. The monoisotopic (exact) mass is 381 g/mol. The van der Waals surface area contributed by atoms with Crippen molar-refractivity contribution in [3.8, 4) is 0 Å². The van der Waals surface area contributed by atoms with Crippen LogP contribution >= 0.6 is 11.6 Å². The van der Waals surface area contributed by atoms with Gasteiger partial charge in [0.05, 0.1) is 12.1 Å². The number of hydrogen-bond acceptors (Lipinski definition) is 4. The maximum atomic E-state index is 13.0. The number of nitrogens with one attached hydrogen (secondary N) is 1. The van der Waals surface area contributed by atoms with E-state index in [1.54, 1.807) is 18.2 Å². The normalized spacial score (nSPS) is 16.2. The van der Waals surface area contributed by atoms with Gasteiger partial charge in [-0.3, -0.25) is 0 Å². The first kappa shape index (κ1) is 17.2. The summed E-state index contributed by atoms with van der Waals surface area (Å²) in [4.78, 5) is 0. The predicted octanol–water partition coefficient (Wildman–Crippen LogP) is 4.04. The van der Waals surface area contributed by atoms with Crippen LogP contribution in [0.2, 0.25) is 5.15 Å². The summed E-state index contributed by atoms with van der Waals surface area (Å²) < 4.78 is 40.6. The topological polar surface area (TPSA) is 55.1 Å². The maximum Gasteiger partial charge on any atom is 0.416 e. The van der Waals surface area contributed by atoms with Gasteiger partial charge < -0.3 is 5.32 Å². The number of nitrogens with zero attached hydrogens (tertiary/aromatic N) is 4. The number of halogens is 4. The van der Waals surface area contributed by atoms with Crippen LogP contribution in [0.25, 0.3) is 5.65 Å².